The van der Waals surface area contributed by atoms with Gasteiger partial charge in [0.2, 0.25) is 5.91 Å². The van der Waals surface area contributed by atoms with Crippen LogP contribution in [0.2, 0.25) is 0 Å². The third-order valence-electron chi connectivity index (χ3n) is 4.78. The molecule has 8 heteroatoms. The van der Waals surface area contributed by atoms with Gasteiger partial charge in [-0.25, -0.2) is 4.39 Å². The Balaban J connectivity index is 1.57. The monoisotopic (exact) mass is 440 g/mol. The number of ketones is 1. The molecule has 0 atom stereocenters. The molecule has 0 aliphatic rings. The molecule has 6 nitrogen and oxygen atoms in total. The third kappa shape index (κ3) is 6.01. The summed E-state index contributed by atoms with van der Waals surface area (Å²) in [5.41, 5.74) is 1.59. The number of carbonyl (C=O) groups excluding carboxylic acids is 2. The van der Waals surface area contributed by atoms with Gasteiger partial charge in [0.05, 0.1) is 11.3 Å². The highest BCUT2D eigenvalue weighted by molar-refractivity contribution is 7.99. The van der Waals surface area contributed by atoms with E-state index < -0.39 is 0 Å². The summed E-state index contributed by atoms with van der Waals surface area (Å²) in [6.45, 7) is 2.10. The maximum absolute atomic E-state index is 14.0. The van der Waals surface area contributed by atoms with E-state index in [0.29, 0.717) is 34.2 Å². The lowest BCUT2D eigenvalue weighted by atomic mass is 10.1. The molecule has 1 heterocycles. The molecule has 0 aliphatic carbocycles. The van der Waals surface area contributed by atoms with Crippen LogP contribution in [0.25, 0.3) is 11.4 Å². The standard InChI is InChI=1S/C23H25FN4O2S/c1-3-4-5-10-21(30)25-17-13-11-16(12-14-17)20(29)15-31-23-27-26-22(28(23)2)18-8-6-7-9-19(18)24/h6-9,11-14H,3-5,10,15H2,1-2H3,(H,25,30). The van der Waals surface area contributed by atoms with Crippen LogP contribution in [0.1, 0.15) is 43.0 Å². The molecule has 0 radical (unpaired) electrons. The first-order chi connectivity index (χ1) is 15.0. The summed E-state index contributed by atoms with van der Waals surface area (Å²) >= 11 is 1.25. The number of Topliss-reactive ketones (excluding diaryl/α,β-unsaturated/α-hetero) is 1. The first-order valence-electron chi connectivity index (χ1n) is 10.2. The van der Waals surface area contributed by atoms with Crippen molar-refractivity contribution in [1.82, 2.24) is 14.8 Å². The topological polar surface area (TPSA) is 76.9 Å². The summed E-state index contributed by atoms with van der Waals surface area (Å²) in [6.07, 6.45) is 3.47. The molecule has 0 saturated heterocycles. The quantitative estimate of drug-likeness (QED) is 0.269. The molecule has 1 aromatic heterocycles. The number of rotatable bonds is 10. The number of aromatic nitrogens is 3. The van der Waals surface area contributed by atoms with Gasteiger partial charge in [-0.2, -0.15) is 0 Å². The lowest BCUT2D eigenvalue weighted by Crippen LogP contribution is -2.11. The molecular formula is C23H25FN4O2S. The molecule has 1 N–H and O–H groups in total. The predicted octanol–water partition coefficient (Wildman–Crippen LogP) is 5.12. The van der Waals surface area contributed by atoms with Crippen LogP contribution >= 0.6 is 11.8 Å². The van der Waals surface area contributed by atoms with Crippen molar-refractivity contribution in [2.75, 3.05) is 11.1 Å². The van der Waals surface area contributed by atoms with Crippen LogP contribution in [-0.2, 0) is 11.8 Å². The van der Waals surface area contributed by atoms with Crippen molar-refractivity contribution in [3.05, 3.63) is 59.9 Å². The minimum atomic E-state index is -0.372. The lowest BCUT2D eigenvalue weighted by molar-refractivity contribution is -0.116. The lowest BCUT2D eigenvalue weighted by Gasteiger charge is -2.07. The van der Waals surface area contributed by atoms with Gasteiger partial charge in [0.15, 0.2) is 16.8 Å². The molecular weight excluding hydrogens is 415 g/mol. The van der Waals surface area contributed by atoms with E-state index in [2.05, 4.69) is 22.4 Å². The number of thioether (sulfide) groups is 1. The van der Waals surface area contributed by atoms with Gasteiger partial charge in [0.1, 0.15) is 5.82 Å². The van der Waals surface area contributed by atoms with E-state index in [1.54, 1.807) is 54.1 Å². The molecule has 0 bridgehead atoms. The fraction of sp³-hybridized carbons (Fsp3) is 0.304. The summed E-state index contributed by atoms with van der Waals surface area (Å²) in [4.78, 5) is 24.4. The van der Waals surface area contributed by atoms with Crippen molar-refractivity contribution in [2.45, 2.75) is 37.8 Å². The van der Waals surface area contributed by atoms with E-state index in [4.69, 9.17) is 0 Å². The van der Waals surface area contributed by atoms with Crippen molar-refractivity contribution in [3.63, 3.8) is 0 Å². The molecule has 3 rings (SSSR count). The first kappa shape index (κ1) is 22.7. The van der Waals surface area contributed by atoms with Crippen molar-refractivity contribution in [3.8, 4) is 11.4 Å². The van der Waals surface area contributed by atoms with Crippen LogP contribution < -0.4 is 5.32 Å². The Hall–Kier alpha value is -3.00. The first-order valence-corrected chi connectivity index (χ1v) is 11.2. The van der Waals surface area contributed by atoms with Gasteiger partial charge in [-0.1, -0.05) is 43.7 Å². The Morgan fingerprint density at radius 1 is 1.06 bits per heavy atom. The Bertz CT molecular complexity index is 1050. The van der Waals surface area contributed by atoms with Gasteiger partial charge in [0.25, 0.3) is 0 Å². The number of nitrogens with one attached hydrogen (secondary N) is 1. The molecule has 3 aromatic rings. The second-order valence-corrected chi connectivity index (χ2v) is 8.08. The van der Waals surface area contributed by atoms with Gasteiger partial charge < -0.3 is 9.88 Å². The molecule has 0 spiro atoms. The Kier molecular flexibility index (Phi) is 7.94. The van der Waals surface area contributed by atoms with E-state index in [1.807, 2.05) is 0 Å². The van der Waals surface area contributed by atoms with Crippen molar-refractivity contribution < 1.29 is 14.0 Å². The SMILES string of the molecule is CCCCCC(=O)Nc1ccc(C(=O)CSc2nnc(-c3ccccc3F)n2C)cc1. The Morgan fingerprint density at radius 3 is 2.52 bits per heavy atom. The molecule has 0 saturated carbocycles. The molecule has 1 amide bonds. The minimum absolute atomic E-state index is 0.0176. The average molecular weight is 441 g/mol. The van der Waals surface area contributed by atoms with Crippen LogP contribution in [0, 0.1) is 5.82 Å². The molecule has 2 aromatic carbocycles. The largest absolute Gasteiger partial charge is 0.326 e. The van der Waals surface area contributed by atoms with Crippen LogP contribution in [-0.4, -0.2) is 32.2 Å². The van der Waals surface area contributed by atoms with E-state index in [1.165, 1.54) is 17.8 Å². The number of unbranched alkanes of at least 4 members (excludes halogenated alkanes) is 2. The summed E-state index contributed by atoms with van der Waals surface area (Å²) in [5.74, 6) is 0.124. The zero-order chi connectivity index (χ0) is 22.2. The van der Waals surface area contributed by atoms with Crippen LogP contribution in [0.5, 0.6) is 0 Å². The average Bonchev–Trinajstić information content (AvgIpc) is 3.13. The number of halogens is 1. The Labute approximate surface area is 185 Å². The highest BCUT2D eigenvalue weighted by Crippen LogP contribution is 2.25. The van der Waals surface area contributed by atoms with Gasteiger partial charge in [-0.15, -0.1) is 10.2 Å². The summed E-state index contributed by atoms with van der Waals surface area (Å²) in [7, 11) is 1.74. The van der Waals surface area contributed by atoms with Gasteiger partial charge >= 0.3 is 0 Å². The van der Waals surface area contributed by atoms with E-state index >= 15 is 0 Å². The fourth-order valence-corrected chi connectivity index (χ4v) is 3.84. The van der Waals surface area contributed by atoms with Crippen molar-refractivity contribution >= 4 is 29.1 Å². The fourth-order valence-electron chi connectivity index (χ4n) is 3.03. The number of nitrogens with zero attached hydrogens (tertiary/aromatic N) is 3. The molecule has 162 valence electrons. The van der Waals surface area contributed by atoms with Crippen LogP contribution in [0.15, 0.2) is 53.7 Å². The number of benzene rings is 2. The number of carbonyl (C=O) groups is 2. The highest BCUT2D eigenvalue weighted by Gasteiger charge is 2.16. The van der Waals surface area contributed by atoms with Crippen LogP contribution in [0.3, 0.4) is 0 Å². The molecule has 31 heavy (non-hydrogen) atoms. The molecule has 0 unspecified atom stereocenters. The summed E-state index contributed by atoms with van der Waals surface area (Å²) in [6, 6.07) is 13.2. The maximum Gasteiger partial charge on any atom is 0.224 e. The number of amides is 1. The zero-order valence-electron chi connectivity index (χ0n) is 17.6. The molecule has 0 aliphatic heterocycles. The maximum atomic E-state index is 14.0. The minimum Gasteiger partial charge on any atom is -0.326 e. The zero-order valence-corrected chi connectivity index (χ0v) is 18.4. The highest BCUT2D eigenvalue weighted by atomic mass is 32.2. The van der Waals surface area contributed by atoms with E-state index in [0.717, 1.165) is 19.3 Å². The van der Waals surface area contributed by atoms with Gasteiger partial charge in [-0.3, -0.25) is 9.59 Å². The normalized spacial score (nSPS) is 10.8. The summed E-state index contributed by atoms with van der Waals surface area (Å²) < 4.78 is 15.7. The summed E-state index contributed by atoms with van der Waals surface area (Å²) in [5, 5.41) is 11.5. The van der Waals surface area contributed by atoms with Gasteiger partial charge in [0, 0.05) is 24.7 Å². The number of hydrogen-bond donors (Lipinski definition) is 1. The van der Waals surface area contributed by atoms with E-state index in [9.17, 15) is 14.0 Å². The third-order valence-corrected chi connectivity index (χ3v) is 5.80. The smallest absolute Gasteiger partial charge is 0.224 e. The van der Waals surface area contributed by atoms with Crippen molar-refractivity contribution in [2.24, 2.45) is 7.05 Å². The number of hydrogen-bond acceptors (Lipinski definition) is 5. The van der Waals surface area contributed by atoms with Gasteiger partial charge in [-0.05, 0) is 42.8 Å². The van der Waals surface area contributed by atoms with Crippen molar-refractivity contribution in [1.29, 1.82) is 0 Å². The second kappa shape index (κ2) is 10.9. The van der Waals surface area contributed by atoms with Crippen LogP contribution in [0.4, 0.5) is 10.1 Å². The predicted molar refractivity (Wildman–Crippen MR) is 121 cm³/mol. The molecule has 0 fully saturated rings. The number of anilines is 1. The van der Waals surface area contributed by atoms with E-state index in [-0.39, 0.29) is 23.3 Å². The Morgan fingerprint density at radius 2 is 1.81 bits per heavy atom. The second-order valence-electron chi connectivity index (χ2n) is 7.14.